The molecule has 81 valence electrons. The number of allylic oxidation sites excluding steroid dienone is 1. The van der Waals surface area contributed by atoms with E-state index in [1.165, 1.54) is 0 Å². The maximum atomic E-state index is 4.14. The Bertz CT molecular complexity index is 259. The molecule has 3 nitrogen and oxygen atoms in total. The molecule has 0 aliphatic carbocycles. The summed E-state index contributed by atoms with van der Waals surface area (Å²) >= 11 is 0. The Morgan fingerprint density at radius 2 is 2.27 bits per heavy atom. The van der Waals surface area contributed by atoms with Gasteiger partial charge in [0.1, 0.15) is 0 Å². The standard InChI is InChI=1S/C11H19BN3/c1-6-11(3)14-9-15(12-4)8-10(2)7-13-5/h6-7,9-10H,1,3,8H2,2,4-5H3. The molecule has 1 atom stereocenters. The third kappa shape index (κ3) is 6.72. The van der Waals surface area contributed by atoms with Crippen LogP contribution in [0.5, 0.6) is 0 Å². The van der Waals surface area contributed by atoms with Crippen LogP contribution in [0.4, 0.5) is 0 Å². The van der Waals surface area contributed by atoms with Crippen LogP contribution >= 0.6 is 0 Å². The predicted molar refractivity (Wildman–Crippen MR) is 69.7 cm³/mol. The average molecular weight is 204 g/mol. The van der Waals surface area contributed by atoms with Crippen molar-refractivity contribution >= 4 is 20.0 Å². The second-order valence-electron chi connectivity index (χ2n) is 3.28. The van der Waals surface area contributed by atoms with Gasteiger partial charge in [0.25, 0.3) is 0 Å². The fourth-order valence-corrected chi connectivity index (χ4v) is 1.05. The van der Waals surface area contributed by atoms with Gasteiger partial charge in [0.2, 0.25) is 7.41 Å². The van der Waals surface area contributed by atoms with E-state index in [2.05, 4.69) is 30.1 Å². The molecule has 0 bridgehead atoms. The molecule has 0 amide bonds. The van der Waals surface area contributed by atoms with Crippen molar-refractivity contribution in [2.24, 2.45) is 15.9 Å². The van der Waals surface area contributed by atoms with Gasteiger partial charge in [0.05, 0.1) is 12.0 Å². The second kappa shape index (κ2) is 8.03. The minimum atomic E-state index is 0.398. The molecule has 1 unspecified atom stereocenters. The highest BCUT2D eigenvalue weighted by atomic mass is 15.1. The van der Waals surface area contributed by atoms with Gasteiger partial charge in [-0.3, -0.25) is 0 Å². The molecule has 0 aliphatic heterocycles. The van der Waals surface area contributed by atoms with Gasteiger partial charge in [0.15, 0.2) is 0 Å². The Hall–Kier alpha value is -1.32. The third-order valence-corrected chi connectivity index (χ3v) is 1.84. The Morgan fingerprint density at radius 1 is 1.60 bits per heavy atom. The SMILES string of the molecule is C=CC(=C)N=CN([B]C)CC(C)C=NC. The van der Waals surface area contributed by atoms with Gasteiger partial charge >= 0.3 is 0 Å². The quantitative estimate of drug-likeness (QED) is 0.270. The first-order chi connectivity index (χ1) is 7.13. The van der Waals surface area contributed by atoms with Crippen molar-refractivity contribution in [1.29, 1.82) is 0 Å². The minimum absolute atomic E-state index is 0.398. The monoisotopic (exact) mass is 204 g/mol. The predicted octanol–water partition coefficient (Wildman–Crippen LogP) is 2.02. The number of nitrogens with zero attached hydrogens (tertiary/aromatic N) is 3. The van der Waals surface area contributed by atoms with E-state index < -0.39 is 0 Å². The molecule has 1 radical (unpaired) electrons. The van der Waals surface area contributed by atoms with E-state index >= 15 is 0 Å². The van der Waals surface area contributed by atoms with Crippen LogP contribution in [0.3, 0.4) is 0 Å². The summed E-state index contributed by atoms with van der Waals surface area (Å²) in [5.74, 6) is 0.398. The number of hydrogen-bond donors (Lipinski definition) is 0. The smallest absolute Gasteiger partial charge is 0.244 e. The van der Waals surface area contributed by atoms with Crippen LogP contribution in [0.15, 0.2) is 34.9 Å². The van der Waals surface area contributed by atoms with Crippen LogP contribution < -0.4 is 0 Å². The normalized spacial score (nSPS) is 13.0. The molecule has 0 aliphatic rings. The first kappa shape index (κ1) is 13.7. The lowest BCUT2D eigenvalue weighted by atomic mass is 9.95. The highest BCUT2D eigenvalue weighted by Gasteiger charge is 2.03. The van der Waals surface area contributed by atoms with Crippen molar-refractivity contribution in [2.45, 2.75) is 13.7 Å². The Balaban J connectivity index is 4.19. The van der Waals surface area contributed by atoms with Crippen molar-refractivity contribution in [3.8, 4) is 0 Å². The van der Waals surface area contributed by atoms with E-state index in [-0.39, 0.29) is 0 Å². The molecule has 0 rings (SSSR count). The zero-order valence-electron chi connectivity index (χ0n) is 9.85. The van der Waals surface area contributed by atoms with E-state index in [9.17, 15) is 0 Å². The number of rotatable bonds is 7. The van der Waals surface area contributed by atoms with E-state index in [0.29, 0.717) is 11.6 Å². The highest BCUT2D eigenvalue weighted by Crippen LogP contribution is 1.96. The van der Waals surface area contributed by atoms with Gasteiger partial charge < -0.3 is 9.80 Å². The molecule has 0 heterocycles. The van der Waals surface area contributed by atoms with Gasteiger partial charge in [-0.2, -0.15) is 0 Å². The Kier molecular flexibility index (Phi) is 7.33. The Morgan fingerprint density at radius 3 is 2.73 bits per heavy atom. The summed E-state index contributed by atoms with van der Waals surface area (Å²) in [5, 5.41) is 0. The number of hydrogen-bond acceptors (Lipinski definition) is 2. The summed E-state index contributed by atoms with van der Waals surface area (Å²) in [5.41, 5.74) is 0.665. The van der Waals surface area contributed by atoms with Crippen molar-refractivity contribution in [3.05, 3.63) is 24.9 Å². The molecule has 0 saturated carbocycles. The van der Waals surface area contributed by atoms with Gasteiger partial charge in [-0.25, -0.2) is 4.99 Å². The van der Waals surface area contributed by atoms with Crippen LogP contribution in [-0.4, -0.2) is 38.4 Å². The minimum Gasteiger partial charge on any atom is -0.410 e. The number of aliphatic imine (C=N–C) groups is 2. The summed E-state index contributed by atoms with van der Waals surface area (Å²) in [6.45, 7) is 12.2. The molecule has 0 aromatic carbocycles. The fourth-order valence-electron chi connectivity index (χ4n) is 1.05. The van der Waals surface area contributed by atoms with Crippen molar-refractivity contribution in [1.82, 2.24) is 4.81 Å². The zero-order chi connectivity index (χ0) is 11.7. The molecule has 0 N–H and O–H groups in total. The average Bonchev–Trinajstić information content (AvgIpc) is 2.23. The second-order valence-corrected chi connectivity index (χ2v) is 3.28. The molecule has 4 heteroatoms. The van der Waals surface area contributed by atoms with Gasteiger partial charge in [-0.1, -0.05) is 26.9 Å². The highest BCUT2D eigenvalue weighted by molar-refractivity contribution is 6.33. The largest absolute Gasteiger partial charge is 0.410 e. The molecule has 0 saturated heterocycles. The molecule has 0 aromatic heterocycles. The van der Waals surface area contributed by atoms with Gasteiger partial charge in [0, 0.05) is 25.7 Å². The van der Waals surface area contributed by atoms with Gasteiger partial charge in [-0.15, -0.1) is 0 Å². The lowest BCUT2D eigenvalue weighted by Crippen LogP contribution is -2.29. The molecule has 15 heavy (non-hydrogen) atoms. The van der Waals surface area contributed by atoms with Gasteiger partial charge in [-0.05, 0) is 6.08 Å². The van der Waals surface area contributed by atoms with E-state index in [1.807, 2.05) is 25.3 Å². The molecule has 0 spiro atoms. The van der Waals surface area contributed by atoms with E-state index in [0.717, 1.165) is 6.54 Å². The summed E-state index contributed by atoms with van der Waals surface area (Å²) in [6, 6.07) is 0. The van der Waals surface area contributed by atoms with Crippen LogP contribution in [-0.2, 0) is 0 Å². The van der Waals surface area contributed by atoms with Crippen LogP contribution in [0.2, 0.25) is 6.82 Å². The van der Waals surface area contributed by atoms with Crippen LogP contribution in [0.1, 0.15) is 6.92 Å². The third-order valence-electron chi connectivity index (χ3n) is 1.84. The summed E-state index contributed by atoms with van der Waals surface area (Å²) < 4.78 is 0. The topological polar surface area (TPSA) is 28.0 Å². The summed E-state index contributed by atoms with van der Waals surface area (Å²) in [7, 11) is 3.75. The molecular formula is C11H19BN3. The molecular weight excluding hydrogens is 185 g/mol. The lowest BCUT2D eigenvalue weighted by Gasteiger charge is -2.19. The molecule has 0 fully saturated rings. The van der Waals surface area contributed by atoms with Crippen LogP contribution in [0.25, 0.3) is 0 Å². The first-order valence-electron chi connectivity index (χ1n) is 4.97. The Labute approximate surface area is 93.6 Å². The van der Waals surface area contributed by atoms with Crippen molar-refractivity contribution in [2.75, 3.05) is 13.6 Å². The lowest BCUT2D eigenvalue weighted by molar-refractivity contribution is 0.582. The fraction of sp³-hybridized carbons (Fsp3) is 0.455. The van der Waals surface area contributed by atoms with E-state index in [4.69, 9.17) is 0 Å². The van der Waals surface area contributed by atoms with Crippen LogP contribution in [0, 0.1) is 5.92 Å². The summed E-state index contributed by atoms with van der Waals surface area (Å²) in [4.78, 5) is 10.1. The first-order valence-corrected chi connectivity index (χ1v) is 4.97. The summed E-state index contributed by atoms with van der Waals surface area (Å²) in [6.07, 6.45) is 5.30. The van der Waals surface area contributed by atoms with E-state index in [1.54, 1.807) is 19.5 Å². The molecule has 0 aromatic rings. The maximum absolute atomic E-state index is 4.14. The van der Waals surface area contributed by atoms with Crippen molar-refractivity contribution in [3.63, 3.8) is 0 Å². The maximum Gasteiger partial charge on any atom is 0.244 e. The zero-order valence-corrected chi connectivity index (χ0v) is 9.85. The van der Waals surface area contributed by atoms with Crippen molar-refractivity contribution < 1.29 is 0 Å².